The van der Waals surface area contributed by atoms with E-state index in [4.69, 9.17) is 0 Å². The fourth-order valence-electron chi connectivity index (χ4n) is 1.99. The van der Waals surface area contributed by atoms with Gasteiger partial charge in [-0.25, -0.2) is 23.1 Å². The molecular weight excluding hydrogens is 316 g/mol. The quantitative estimate of drug-likeness (QED) is 0.917. The van der Waals surface area contributed by atoms with Crippen LogP contribution in [0.25, 0.3) is 0 Å². The Morgan fingerprint density at radius 2 is 1.57 bits per heavy atom. The molecule has 2 rings (SSSR count). The number of amides is 1. The molecule has 0 saturated carbocycles. The Hall–Kier alpha value is -2.48. The van der Waals surface area contributed by atoms with Gasteiger partial charge in [0.2, 0.25) is 5.95 Å². The summed E-state index contributed by atoms with van der Waals surface area (Å²) < 4.78 is 27.0. The Morgan fingerprint density at radius 1 is 1.04 bits per heavy atom. The first-order valence-electron chi connectivity index (χ1n) is 6.86. The first-order valence-corrected chi connectivity index (χ1v) is 8.34. The summed E-state index contributed by atoms with van der Waals surface area (Å²) in [6, 6.07) is 7.45. The molecule has 2 aromatic rings. The number of aryl methyl sites for hydroxylation is 2. The van der Waals surface area contributed by atoms with Crippen LogP contribution in [0.4, 0.5) is 5.95 Å². The molecule has 0 aliphatic carbocycles. The first-order chi connectivity index (χ1) is 10.7. The summed E-state index contributed by atoms with van der Waals surface area (Å²) in [5, 5.41) is 0. The van der Waals surface area contributed by atoms with Crippen LogP contribution in [0.5, 0.6) is 0 Å². The maximum atomic E-state index is 12.4. The van der Waals surface area contributed by atoms with Crippen molar-refractivity contribution in [3.8, 4) is 0 Å². The predicted octanol–water partition coefficient (Wildman–Crippen LogP) is 1.60. The lowest BCUT2D eigenvalue weighted by Gasteiger charge is -2.11. The second-order valence-corrected chi connectivity index (χ2v) is 6.99. The van der Waals surface area contributed by atoms with Gasteiger partial charge in [-0.1, -0.05) is 0 Å². The zero-order valence-electron chi connectivity index (χ0n) is 13.4. The molecule has 0 saturated heterocycles. The molecule has 0 spiro atoms. The Bertz CT molecular complexity index is 810. The number of nitrogens with zero attached hydrogens (tertiary/aromatic N) is 3. The molecule has 0 aliphatic rings. The van der Waals surface area contributed by atoms with Crippen molar-refractivity contribution >= 4 is 21.9 Å². The average molecular weight is 334 g/mol. The van der Waals surface area contributed by atoms with Crippen molar-refractivity contribution < 1.29 is 13.2 Å². The largest absolute Gasteiger partial charge is 0.345 e. The van der Waals surface area contributed by atoms with Crippen molar-refractivity contribution in [2.24, 2.45) is 0 Å². The molecule has 0 atom stereocenters. The fourth-order valence-corrected chi connectivity index (χ4v) is 2.93. The number of sulfonamides is 1. The molecular formula is C15H18N4O3S. The molecule has 1 N–H and O–H groups in total. The SMILES string of the molecule is Cc1cc(C)nc(NS(=O)(=O)c2ccc(C(=O)N(C)C)cc2)n1. The second-order valence-electron chi connectivity index (χ2n) is 5.30. The van der Waals surface area contributed by atoms with Crippen LogP contribution >= 0.6 is 0 Å². The minimum Gasteiger partial charge on any atom is -0.345 e. The molecule has 23 heavy (non-hydrogen) atoms. The Balaban J connectivity index is 2.27. The molecule has 0 aliphatic heterocycles. The number of nitrogens with one attached hydrogen (secondary N) is 1. The van der Waals surface area contributed by atoms with Gasteiger partial charge in [-0.3, -0.25) is 4.79 Å². The van der Waals surface area contributed by atoms with Gasteiger partial charge in [0.15, 0.2) is 0 Å². The number of rotatable bonds is 4. The Morgan fingerprint density at radius 3 is 2.04 bits per heavy atom. The molecule has 122 valence electrons. The zero-order valence-corrected chi connectivity index (χ0v) is 14.2. The predicted molar refractivity (Wildman–Crippen MR) is 86.8 cm³/mol. The van der Waals surface area contributed by atoms with Gasteiger partial charge < -0.3 is 4.90 Å². The van der Waals surface area contributed by atoms with E-state index >= 15 is 0 Å². The molecule has 1 aromatic heterocycles. The summed E-state index contributed by atoms with van der Waals surface area (Å²) in [4.78, 5) is 21.4. The summed E-state index contributed by atoms with van der Waals surface area (Å²) in [6.45, 7) is 3.52. The molecule has 7 nitrogen and oxygen atoms in total. The summed E-state index contributed by atoms with van der Waals surface area (Å²) in [5.41, 5.74) is 1.75. The van der Waals surface area contributed by atoms with E-state index in [0.717, 1.165) is 0 Å². The molecule has 1 aromatic carbocycles. The third-order valence-corrected chi connectivity index (χ3v) is 4.37. The van der Waals surface area contributed by atoms with Crippen LogP contribution in [0.2, 0.25) is 0 Å². The van der Waals surface area contributed by atoms with E-state index in [1.165, 1.54) is 29.2 Å². The minimum absolute atomic E-state index is 0.0240. The van der Waals surface area contributed by atoms with E-state index in [9.17, 15) is 13.2 Å². The normalized spacial score (nSPS) is 11.1. The van der Waals surface area contributed by atoms with Crippen molar-refractivity contribution in [1.82, 2.24) is 14.9 Å². The first kappa shape index (κ1) is 16.9. The number of carbonyl (C=O) groups excluding carboxylic acids is 1. The monoisotopic (exact) mass is 334 g/mol. The molecule has 0 radical (unpaired) electrons. The number of hydrogen-bond donors (Lipinski definition) is 1. The summed E-state index contributed by atoms with van der Waals surface area (Å²) >= 11 is 0. The molecule has 0 fully saturated rings. The lowest BCUT2D eigenvalue weighted by molar-refractivity contribution is 0.0827. The van der Waals surface area contributed by atoms with Crippen LogP contribution in [0.1, 0.15) is 21.7 Å². The highest BCUT2D eigenvalue weighted by molar-refractivity contribution is 7.92. The lowest BCUT2D eigenvalue weighted by atomic mass is 10.2. The van der Waals surface area contributed by atoms with Gasteiger partial charge in [0, 0.05) is 31.0 Å². The number of carbonyl (C=O) groups is 1. The van der Waals surface area contributed by atoms with Crippen LogP contribution in [0.15, 0.2) is 35.2 Å². The van der Waals surface area contributed by atoms with E-state index in [-0.39, 0.29) is 16.8 Å². The Kier molecular flexibility index (Phi) is 4.65. The Labute approximate surface area is 135 Å². The van der Waals surface area contributed by atoms with Gasteiger partial charge in [-0.05, 0) is 44.2 Å². The van der Waals surface area contributed by atoms with Crippen molar-refractivity contribution in [2.75, 3.05) is 18.8 Å². The van der Waals surface area contributed by atoms with Crippen LogP contribution in [0.3, 0.4) is 0 Å². The molecule has 0 unspecified atom stereocenters. The van der Waals surface area contributed by atoms with E-state index < -0.39 is 10.0 Å². The fraction of sp³-hybridized carbons (Fsp3) is 0.267. The number of hydrogen-bond acceptors (Lipinski definition) is 5. The van der Waals surface area contributed by atoms with Crippen LogP contribution in [-0.2, 0) is 10.0 Å². The van der Waals surface area contributed by atoms with Gasteiger partial charge in [-0.15, -0.1) is 0 Å². The number of benzene rings is 1. The highest BCUT2D eigenvalue weighted by atomic mass is 32.2. The van der Waals surface area contributed by atoms with Crippen molar-refractivity contribution in [3.05, 3.63) is 47.3 Å². The number of anilines is 1. The van der Waals surface area contributed by atoms with E-state index in [1.807, 2.05) is 0 Å². The standard InChI is InChI=1S/C15H18N4O3S/c1-10-9-11(2)17-15(16-10)18-23(21,22)13-7-5-12(6-8-13)14(20)19(3)4/h5-9H,1-4H3,(H,16,17,18). The topological polar surface area (TPSA) is 92.3 Å². The van der Waals surface area contributed by atoms with Gasteiger partial charge in [-0.2, -0.15) is 0 Å². The third kappa shape index (κ3) is 4.04. The van der Waals surface area contributed by atoms with Crippen molar-refractivity contribution in [1.29, 1.82) is 0 Å². The zero-order chi connectivity index (χ0) is 17.2. The van der Waals surface area contributed by atoms with E-state index in [1.54, 1.807) is 34.0 Å². The van der Waals surface area contributed by atoms with Gasteiger partial charge in [0.25, 0.3) is 15.9 Å². The van der Waals surface area contributed by atoms with Crippen molar-refractivity contribution in [3.63, 3.8) is 0 Å². The third-order valence-electron chi connectivity index (χ3n) is 3.03. The molecule has 0 bridgehead atoms. The van der Waals surface area contributed by atoms with Crippen LogP contribution in [-0.4, -0.2) is 43.3 Å². The minimum atomic E-state index is -3.81. The molecule has 1 heterocycles. The van der Waals surface area contributed by atoms with Gasteiger partial charge in [0.1, 0.15) is 0 Å². The van der Waals surface area contributed by atoms with Crippen LogP contribution < -0.4 is 4.72 Å². The van der Waals surface area contributed by atoms with E-state index in [2.05, 4.69) is 14.7 Å². The second kappa shape index (κ2) is 6.33. The summed E-state index contributed by atoms with van der Waals surface area (Å²) in [5.74, 6) is -0.171. The smallest absolute Gasteiger partial charge is 0.264 e. The van der Waals surface area contributed by atoms with Crippen molar-refractivity contribution in [2.45, 2.75) is 18.7 Å². The highest BCUT2D eigenvalue weighted by Crippen LogP contribution is 2.15. The summed E-state index contributed by atoms with van der Waals surface area (Å²) in [6.07, 6.45) is 0. The van der Waals surface area contributed by atoms with E-state index in [0.29, 0.717) is 17.0 Å². The maximum Gasteiger partial charge on any atom is 0.264 e. The maximum absolute atomic E-state index is 12.4. The highest BCUT2D eigenvalue weighted by Gasteiger charge is 2.17. The molecule has 1 amide bonds. The summed E-state index contributed by atoms with van der Waals surface area (Å²) in [7, 11) is -0.548. The van der Waals surface area contributed by atoms with Crippen LogP contribution in [0, 0.1) is 13.8 Å². The lowest BCUT2D eigenvalue weighted by Crippen LogP contribution is -2.22. The van der Waals surface area contributed by atoms with Gasteiger partial charge in [0.05, 0.1) is 4.90 Å². The number of aromatic nitrogens is 2. The van der Waals surface area contributed by atoms with Gasteiger partial charge >= 0.3 is 0 Å². The average Bonchev–Trinajstić information content (AvgIpc) is 2.45. The molecule has 8 heteroatoms.